The Kier molecular flexibility index (Phi) is 9.01. The Morgan fingerprint density at radius 2 is 1.36 bits per heavy atom. The van der Waals surface area contributed by atoms with Crippen LogP contribution in [-0.4, -0.2) is 4.55 Å². The summed E-state index contributed by atoms with van der Waals surface area (Å²) in [6, 6.07) is 4.15. The zero-order valence-corrected chi connectivity index (χ0v) is 9.83. The highest BCUT2D eigenvalue weighted by atomic mass is 32.2. The molecule has 0 aromatic heterocycles. The second-order valence-corrected chi connectivity index (χ2v) is 3.41. The van der Waals surface area contributed by atoms with Crippen LogP contribution in [-0.2, 0) is 0 Å². The zero-order chi connectivity index (χ0) is 10.4. The van der Waals surface area contributed by atoms with Gasteiger partial charge in [-0.1, -0.05) is 39.0 Å². The maximum Gasteiger partial charge on any atom is 0.0409 e. The smallest absolute Gasteiger partial charge is 0.0409 e. The number of benzene rings is 1. The summed E-state index contributed by atoms with van der Waals surface area (Å²) in [5, 5.41) is 0. The molecule has 1 aromatic rings. The van der Waals surface area contributed by atoms with Gasteiger partial charge in [0.25, 0.3) is 0 Å². The first-order valence-corrected chi connectivity index (χ1v) is 5.31. The van der Waals surface area contributed by atoms with Crippen molar-refractivity contribution in [2.45, 2.75) is 46.9 Å². The number of hydrogen-bond acceptors (Lipinski definition) is 2. The molecular formula is C12H22OS. The topological polar surface area (TPSA) is 20.2 Å². The molecule has 14 heavy (non-hydrogen) atoms. The van der Waals surface area contributed by atoms with Crippen LogP contribution in [0.2, 0.25) is 0 Å². The molecule has 0 saturated heterocycles. The van der Waals surface area contributed by atoms with Crippen LogP contribution in [0.1, 0.15) is 38.0 Å². The molecule has 82 valence electrons. The van der Waals surface area contributed by atoms with E-state index in [1.807, 2.05) is 27.7 Å². The second-order valence-electron chi connectivity index (χ2n) is 2.82. The number of hydrogen-bond donors (Lipinski definition) is 1. The molecule has 0 atom stereocenters. The summed E-state index contributed by atoms with van der Waals surface area (Å²) in [5.41, 5.74) is 3.54. The summed E-state index contributed by atoms with van der Waals surface area (Å²) in [6.45, 7) is 10.1. The third-order valence-corrected chi connectivity index (χ3v) is 2.52. The van der Waals surface area contributed by atoms with Gasteiger partial charge in [-0.25, -0.2) is 0 Å². The molecule has 0 aliphatic heterocycles. The van der Waals surface area contributed by atoms with Crippen molar-refractivity contribution in [2.75, 3.05) is 0 Å². The normalized spacial score (nSPS) is 8.43. The van der Waals surface area contributed by atoms with Crippen molar-refractivity contribution >= 4 is 12.0 Å². The van der Waals surface area contributed by atoms with Crippen LogP contribution in [0.5, 0.6) is 0 Å². The summed E-state index contributed by atoms with van der Waals surface area (Å²) >= 11 is 0.831. The van der Waals surface area contributed by atoms with Gasteiger partial charge in [0.2, 0.25) is 0 Å². The van der Waals surface area contributed by atoms with Gasteiger partial charge >= 0.3 is 0 Å². The predicted molar refractivity (Wildman–Crippen MR) is 67.2 cm³/mol. The highest BCUT2D eigenvalue weighted by molar-refractivity contribution is 7.93. The lowest BCUT2D eigenvalue weighted by Gasteiger charge is -2.06. The van der Waals surface area contributed by atoms with Gasteiger partial charge in [-0.05, 0) is 31.9 Å². The van der Waals surface area contributed by atoms with Crippen LogP contribution in [0.3, 0.4) is 0 Å². The maximum absolute atomic E-state index is 8.91. The molecule has 0 amide bonds. The fraction of sp³-hybridized carbons (Fsp3) is 0.500. The molecule has 0 aliphatic carbocycles. The molecule has 0 bridgehead atoms. The molecule has 0 saturated carbocycles. The van der Waals surface area contributed by atoms with Crippen molar-refractivity contribution in [1.82, 2.24) is 0 Å². The second kappa shape index (κ2) is 7.89. The van der Waals surface area contributed by atoms with Crippen LogP contribution >= 0.6 is 12.0 Å². The van der Waals surface area contributed by atoms with Crippen LogP contribution in [0.4, 0.5) is 0 Å². The van der Waals surface area contributed by atoms with Crippen LogP contribution in [0, 0.1) is 20.8 Å². The molecule has 0 heterocycles. The highest BCUT2D eigenvalue weighted by Gasteiger charge is 2.02. The SMILES string of the molecule is C.CC.Cc1cc(C)c(SO)c(C)c1. The Morgan fingerprint density at radius 3 is 1.64 bits per heavy atom. The zero-order valence-electron chi connectivity index (χ0n) is 9.01. The van der Waals surface area contributed by atoms with Crippen LogP contribution in [0.25, 0.3) is 0 Å². The fourth-order valence-corrected chi connectivity index (χ4v) is 1.72. The van der Waals surface area contributed by atoms with Gasteiger partial charge < -0.3 is 4.55 Å². The van der Waals surface area contributed by atoms with Gasteiger partial charge in [0, 0.05) is 16.9 Å². The van der Waals surface area contributed by atoms with E-state index in [9.17, 15) is 0 Å². The van der Waals surface area contributed by atoms with Gasteiger partial charge in [-0.2, -0.15) is 0 Å². The van der Waals surface area contributed by atoms with Gasteiger partial charge in [0.15, 0.2) is 0 Å². The lowest BCUT2D eigenvalue weighted by atomic mass is 10.1. The van der Waals surface area contributed by atoms with E-state index in [2.05, 4.69) is 19.1 Å². The van der Waals surface area contributed by atoms with E-state index in [4.69, 9.17) is 4.55 Å². The van der Waals surface area contributed by atoms with Crippen molar-refractivity contribution in [1.29, 1.82) is 0 Å². The summed E-state index contributed by atoms with van der Waals surface area (Å²) in [4.78, 5) is 0.982. The third kappa shape index (κ3) is 4.16. The molecule has 0 spiro atoms. The van der Waals surface area contributed by atoms with Crippen molar-refractivity contribution < 1.29 is 4.55 Å². The molecule has 0 aliphatic rings. The summed E-state index contributed by atoms with van der Waals surface area (Å²) < 4.78 is 8.91. The van der Waals surface area contributed by atoms with Crippen LogP contribution in [0.15, 0.2) is 17.0 Å². The van der Waals surface area contributed by atoms with Crippen LogP contribution < -0.4 is 0 Å². The summed E-state index contributed by atoms with van der Waals surface area (Å²) in [6.07, 6.45) is 0. The number of rotatable bonds is 1. The van der Waals surface area contributed by atoms with E-state index >= 15 is 0 Å². The lowest BCUT2D eigenvalue weighted by molar-refractivity contribution is 0.662. The molecule has 1 nitrogen and oxygen atoms in total. The largest absolute Gasteiger partial charge is 0.325 e. The fourth-order valence-electron chi connectivity index (χ4n) is 1.31. The standard InChI is InChI=1S/C9H12OS.C2H6.CH4/c1-6-4-7(2)9(11-10)8(3)5-6;1-2;/h4-5,10H,1-3H3;1-2H3;1H4. The third-order valence-electron chi connectivity index (χ3n) is 1.70. The van der Waals surface area contributed by atoms with Gasteiger partial charge in [0.05, 0.1) is 0 Å². The van der Waals surface area contributed by atoms with E-state index in [1.54, 1.807) is 0 Å². The van der Waals surface area contributed by atoms with Crippen molar-refractivity contribution in [3.05, 3.63) is 28.8 Å². The van der Waals surface area contributed by atoms with E-state index in [0.29, 0.717) is 0 Å². The summed E-state index contributed by atoms with van der Waals surface area (Å²) in [5.74, 6) is 0. The first-order valence-electron chi connectivity index (χ1n) is 4.54. The summed E-state index contributed by atoms with van der Waals surface area (Å²) in [7, 11) is 0. The highest BCUT2D eigenvalue weighted by Crippen LogP contribution is 2.24. The Bertz CT molecular complexity index is 246. The predicted octanol–water partition coefficient (Wildman–Crippen LogP) is 4.84. The quantitative estimate of drug-likeness (QED) is 0.675. The van der Waals surface area contributed by atoms with E-state index < -0.39 is 0 Å². The Morgan fingerprint density at radius 1 is 1.00 bits per heavy atom. The first-order chi connectivity index (χ1) is 6.15. The molecule has 0 radical (unpaired) electrons. The van der Waals surface area contributed by atoms with Gasteiger partial charge in [-0.15, -0.1) is 0 Å². The Balaban J connectivity index is 0. The monoisotopic (exact) mass is 214 g/mol. The lowest BCUT2D eigenvalue weighted by Crippen LogP contribution is -1.86. The Hall–Kier alpha value is -0.470. The minimum atomic E-state index is 0. The van der Waals surface area contributed by atoms with Crippen molar-refractivity contribution in [3.63, 3.8) is 0 Å². The molecule has 1 N–H and O–H groups in total. The van der Waals surface area contributed by atoms with Gasteiger partial charge in [0.1, 0.15) is 0 Å². The molecule has 0 unspecified atom stereocenters. The van der Waals surface area contributed by atoms with Crippen molar-refractivity contribution in [3.8, 4) is 0 Å². The molecule has 0 fully saturated rings. The average Bonchev–Trinajstić information content (AvgIpc) is 2.07. The first kappa shape index (κ1) is 16.0. The number of aryl methyl sites for hydroxylation is 3. The maximum atomic E-state index is 8.91. The minimum absolute atomic E-state index is 0. The average molecular weight is 214 g/mol. The molecule has 1 rings (SSSR count). The van der Waals surface area contributed by atoms with Crippen molar-refractivity contribution in [2.24, 2.45) is 0 Å². The van der Waals surface area contributed by atoms with E-state index in [-0.39, 0.29) is 7.43 Å². The Labute approximate surface area is 92.8 Å². The minimum Gasteiger partial charge on any atom is -0.325 e. The molecule has 2 heteroatoms. The van der Waals surface area contributed by atoms with Gasteiger partial charge in [-0.3, -0.25) is 0 Å². The molecular weight excluding hydrogens is 192 g/mol. The molecule has 1 aromatic carbocycles. The van der Waals surface area contributed by atoms with E-state index in [1.165, 1.54) is 5.56 Å². The van der Waals surface area contributed by atoms with E-state index in [0.717, 1.165) is 28.1 Å².